The van der Waals surface area contributed by atoms with Crippen LogP contribution in [0.2, 0.25) is 0 Å². The van der Waals surface area contributed by atoms with E-state index in [1.54, 1.807) is 18.7 Å². The molecule has 0 aliphatic rings. The summed E-state index contributed by atoms with van der Waals surface area (Å²) in [5.41, 5.74) is 4.21. The molecule has 9 heteroatoms. The Hall–Kier alpha value is -3.46. The van der Waals surface area contributed by atoms with Gasteiger partial charge in [0.15, 0.2) is 11.2 Å². The number of aryl methyl sites for hydroxylation is 1. The van der Waals surface area contributed by atoms with E-state index in [2.05, 4.69) is 20.5 Å². The normalized spacial score (nSPS) is 12.2. The minimum absolute atomic E-state index is 0.278. The molecule has 2 aromatic heterocycles. The van der Waals surface area contributed by atoms with Crippen molar-refractivity contribution in [1.82, 2.24) is 19.1 Å². The minimum atomic E-state index is -0.522. The van der Waals surface area contributed by atoms with Gasteiger partial charge in [-0.3, -0.25) is 14.3 Å². The van der Waals surface area contributed by atoms with Crippen LogP contribution in [0, 0.1) is 0 Å². The number of aromatic nitrogens is 4. The minimum Gasteiger partial charge on any atom is -0.383 e. The number of benzene rings is 1. The number of aromatic amines is 1. The van der Waals surface area contributed by atoms with Gasteiger partial charge in [0.05, 0.1) is 12.3 Å². The largest absolute Gasteiger partial charge is 0.383 e. The Kier molecular flexibility index (Phi) is 5.85. The van der Waals surface area contributed by atoms with Crippen LogP contribution in [-0.2, 0) is 18.3 Å². The fraction of sp³-hybridized carbons (Fsp3) is 0.263. The molecule has 28 heavy (non-hydrogen) atoms. The Morgan fingerprint density at radius 2 is 2.07 bits per heavy atom. The molecule has 0 saturated carbocycles. The molecule has 3 aromatic rings. The van der Waals surface area contributed by atoms with Crippen molar-refractivity contribution >= 4 is 28.9 Å². The number of hydrogen-bond donors (Lipinski definition) is 2. The first kappa shape index (κ1) is 19.3. The van der Waals surface area contributed by atoms with Gasteiger partial charge in [0.25, 0.3) is 5.56 Å². The molecule has 0 saturated heterocycles. The van der Waals surface area contributed by atoms with E-state index in [-0.39, 0.29) is 11.2 Å². The number of imidazole rings is 1. The molecular formula is C19H22N6O3. The number of H-pyrrole nitrogens is 1. The van der Waals surface area contributed by atoms with Crippen LogP contribution in [0.25, 0.3) is 17.2 Å². The molecule has 0 aliphatic heterocycles. The Morgan fingerprint density at radius 3 is 2.79 bits per heavy atom. The lowest BCUT2D eigenvalue weighted by Crippen LogP contribution is -2.29. The van der Waals surface area contributed by atoms with Crippen molar-refractivity contribution in [1.29, 1.82) is 0 Å². The van der Waals surface area contributed by atoms with Crippen molar-refractivity contribution < 1.29 is 4.74 Å². The summed E-state index contributed by atoms with van der Waals surface area (Å²) in [6.07, 6.45) is 3.82. The Labute approximate surface area is 161 Å². The van der Waals surface area contributed by atoms with Crippen LogP contribution in [0.15, 0.2) is 51.1 Å². The van der Waals surface area contributed by atoms with Crippen LogP contribution < -0.4 is 16.7 Å². The highest BCUT2D eigenvalue weighted by Crippen LogP contribution is 2.15. The molecule has 1 aromatic carbocycles. The van der Waals surface area contributed by atoms with Gasteiger partial charge in [-0.05, 0) is 18.6 Å². The third-order valence-electron chi connectivity index (χ3n) is 4.17. The molecule has 0 spiro atoms. The van der Waals surface area contributed by atoms with Gasteiger partial charge < -0.3 is 9.30 Å². The summed E-state index contributed by atoms with van der Waals surface area (Å²) in [6.45, 7) is 2.60. The quantitative estimate of drug-likeness (QED) is 0.477. The maximum absolute atomic E-state index is 12.3. The van der Waals surface area contributed by atoms with Crippen molar-refractivity contribution in [3.8, 4) is 0 Å². The molecule has 2 heterocycles. The zero-order valence-corrected chi connectivity index (χ0v) is 16.0. The maximum atomic E-state index is 12.3. The van der Waals surface area contributed by atoms with Crippen LogP contribution in [0.3, 0.4) is 0 Å². The van der Waals surface area contributed by atoms with Gasteiger partial charge in [0, 0.05) is 20.7 Å². The molecule has 0 fully saturated rings. The van der Waals surface area contributed by atoms with Gasteiger partial charge >= 0.3 is 5.69 Å². The lowest BCUT2D eigenvalue weighted by molar-refractivity contribution is 0.188. The van der Waals surface area contributed by atoms with Crippen molar-refractivity contribution in [2.75, 3.05) is 19.1 Å². The molecule has 0 amide bonds. The molecule has 0 aliphatic carbocycles. The smallest absolute Gasteiger partial charge is 0.329 e. The van der Waals surface area contributed by atoms with Crippen molar-refractivity contribution in [2.24, 2.45) is 12.1 Å². The van der Waals surface area contributed by atoms with E-state index >= 15 is 0 Å². The third-order valence-corrected chi connectivity index (χ3v) is 4.17. The lowest BCUT2D eigenvalue weighted by atomic mass is 10.2. The number of hydrazone groups is 1. The summed E-state index contributed by atoms with van der Waals surface area (Å²) in [6, 6.07) is 9.87. The third kappa shape index (κ3) is 4.09. The maximum Gasteiger partial charge on any atom is 0.329 e. The van der Waals surface area contributed by atoms with E-state index in [9.17, 15) is 9.59 Å². The van der Waals surface area contributed by atoms with Crippen molar-refractivity contribution in [3.63, 3.8) is 0 Å². The van der Waals surface area contributed by atoms with E-state index in [4.69, 9.17) is 4.74 Å². The summed E-state index contributed by atoms with van der Waals surface area (Å²) >= 11 is 0. The second-order valence-corrected chi connectivity index (χ2v) is 6.18. The van der Waals surface area contributed by atoms with E-state index in [1.807, 2.05) is 49.4 Å². The summed E-state index contributed by atoms with van der Waals surface area (Å²) in [5.74, 6) is 0.353. The summed E-state index contributed by atoms with van der Waals surface area (Å²) in [5, 5.41) is 4.31. The second-order valence-electron chi connectivity index (χ2n) is 6.18. The molecule has 0 atom stereocenters. The number of ether oxygens (including phenoxy) is 1. The van der Waals surface area contributed by atoms with E-state index in [1.165, 1.54) is 4.57 Å². The number of allylic oxidation sites excluding steroid dienone is 1. The molecule has 146 valence electrons. The second kappa shape index (κ2) is 8.49. The summed E-state index contributed by atoms with van der Waals surface area (Å²) in [7, 11) is 3.12. The topological polar surface area (TPSA) is 106 Å². The van der Waals surface area contributed by atoms with Crippen molar-refractivity contribution in [3.05, 3.63) is 62.8 Å². The first-order valence-corrected chi connectivity index (χ1v) is 8.73. The van der Waals surface area contributed by atoms with E-state index in [0.717, 1.165) is 11.3 Å². The number of rotatable bonds is 7. The number of hydrogen-bond acceptors (Lipinski definition) is 6. The number of fused-ring (bicyclic) bond motifs is 1. The molecule has 0 radical (unpaired) electrons. The van der Waals surface area contributed by atoms with Crippen molar-refractivity contribution in [2.45, 2.75) is 13.5 Å². The van der Waals surface area contributed by atoms with Crippen LogP contribution in [0.5, 0.6) is 0 Å². The van der Waals surface area contributed by atoms with Gasteiger partial charge in [0.1, 0.15) is 0 Å². The monoisotopic (exact) mass is 382 g/mol. The summed E-state index contributed by atoms with van der Waals surface area (Å²) < 4.78 is 8.06. The van der Waals surface area contributed by atoms with Gasteiger partial charge in [-0.2, -0.15) is 10.1 Å². The first-order chi connectivity index (χ1) is 13.5. The molecule has 0 unspecified atom stereocenters. The first-order valence-electron chi connectivity index (χ1n) is 8.73. The highest BCUT2D eigenvalue weighted by Gasteiger charge is 2.16. The number of methoxy groups -OCH3 is 1. The molecule has 3 rings (SSSR count). The molecule has 9 nitrogen and oxygen atoms in total. The highest BCUT2D eigenvalue weighted by molar-refractivity contribution is 5.96. The Morgan fingerprint density at radius 1 is 1.32 bits per heavy atom. The zero-order valence-electron chi connectivity index (χ0n) is 16.0. The number of nitrogens with zero attached hydrogens (tertiary/aromatic N) is 4. The van der Waals surface area contributed by atoms with Crippen LogP contribution >= 0.6 is 0 Å². The number of anilines is 1. The van der Waals surface area contributed by atoms with Gasteiger partial charge in [-0.15, -0.1) is 0 Å². The Balaban J connectivity index is 1.94. The fourth-order valence-electron chi connectivity index (χ4n) is 2.68. The molecule has 2 N–H and O–H groups in total. The van der Waals surface area contributed by atoms with Crippen LogP contribution in [0.4, 0.5) is 5.95 Å². The standard InChI is InChI=1S/C19H22N6O3/c1-13(9-10-14-7-5-4-6-8-14)22-23-18-20-16-15(25(18)11-12-28-3)17(26)21-19(27)24(16)2/h4-10H,11-12H2,1-3H3,(H,20,23)(H,21,26,27)/b10-9+,22-13-. The predicted octanol–water partition coefficient (Wildman–Crippen LogP) is 1.57. The SMILES string of the molecule is COCCn1c(N/N=C(C)\C=C\c2ccccc2)nc2c1c(=O)[nH]c(=O)n2C. The average molecular weight is 382 g/mol. The fourth-order valence-corrected chi connectivity index (χ4v) is 2.68. The van der Waals surface area contributed by atoms with Gasteiger partial charge in [-0.25, -0.2) is 10.2 Å². The summed E-state index contributed by atoms with van der Waals surface area (Å²) in [4.78, 5) is 30.8. The lowest BCUT2D eigenvalue weighted by Gasteiger charge is -2.07. The highest BCUT2D eigenvalue weighted by atomic mass is 16.5. The average Bonchev–Trinajstić information content (AvgIpc) is 3.07. The zero-order chi connectivity index (χ0) is 20.1. The van der Waals surface area contributed by atoms with E-state index < -0.39 is 11.2 Å². The van der Waals surface area contributed by atoms with Gasteiger partial charge in [0.2, 0.25) is 5.95 Å². The Bertz CT molecular complexity index is 1140. The van der Waals surface area contributed by atoms with Gasteiger partial charge in [-0.1, -0.05) is 36.4 Å². The molecular weight excluding hydrogens is 360 g/mol. The molecule has 0 bridgehead atoms. The predicted molar refractivity (Wildman–Crippen MR) is 110 cm³/mol. The van der Waals surface area contributed by atoms with Crippen LogP contribution in [0.1, 0.15) is 12.5 Å². The van der Waals surface area contributed by atoms with Crippen LogP contribution in [-0.4, -0.2) is 38.5 Å². The van der Waals surface area contributed by atoms with E-state index in [0.29, 0.717) is 19.1 Å². The number of nitrogens with one attached hydrogen (secondary N) is 2.